The van der Waals surface area contributed by atoms with Gasteiger partial charge in [-0.1, -0.05) is 43.0 Å². The SMILES string of the molecule is C=Cc1ccccc1.[Mn]. The molecule has 0 nitrogen and oxygen atoms in total. The minimum Gasteiger partial charge on any atom is -0.0985 e. The summed E-state index contributed by atoms with van der Waals surface area (Å²) in [5.41, 5.74) is 1.17. The van der Waals surface area contributed by atoms with Gasteiger partial charge >= 0.3 is 0 Å². The van der Waals surface area contributed by atoms with Gasteiger partial charge in [0.15, 0.2) is 0 Å². The molecule has 47 valence electrons. The zero-order valence-electron chi connectivity index (χ0n) is 5.05. The molecule has 0 saturated heterocycles. The van der Waals surface area contributed by atoms with Gasteiger partial charge in [-0.05, 0) is 5.56 Å². The first-order valence-corrected chi connectivity index (χ1v) is 2.61. The van der Waals surface area contributed by atoms with E-state index in [1.807, 2.05) is 36.4 Å². The summed E-state index contributed by atoms with van der Waals surface area (Å²) in [5, 5.41) is 0. The van der Waals surface area contributed by atoms with Crippen LogP contribution in [0.2, 0.25) is 0 Å². The molecule has 0 fully saturated rings. The van der Waals surface area contributed by atoms with Crippen molar-refractivity contribution in [2.75, 3.05) is 0 Å². The molecule has 0 spiro atoms. The molecule has 0 aliphatic heterocycles. The fraction of sp³-hybridized carbons (Fsp3) is 0. The summed E-state index contributed by atoms with van der Waals surface area (Å²) in [6, 6.07) is 10.0. The molecule has 0 aliphatic rings. The third-order valence-electron chi connectivity index (χ3n) is 1.04. The first-order valence-electron chi connectivity index (χ1n) is 2.61. The summed E-state index contributed by atoms with van der Waals surface area (Å²) in [6.07, 6.45) is 1.83. The van der Waals surface area contributed by atoms with Gasteiger partial charge in [0.1, 0.15) is 0 Å². The molecule has 1 rings (SSSR count). The Bertz CT molecular complexity index is 167. The maximum Gasteiger partial charge on any atom is 0 e. The van der Waals surface area contributed by atoms with Crippen LogP contribution in [0, 0.1) is 0 Å². The summed E-state index contributed by atoms with van der Waals surface area (Å²) in [5.74, 6) is 0. The Hall–Kier alpha value is -0.521. The van der Waals surface area contributed by atoms with Crippen LogP contribution in [0.1, 0.15) is 5.56 Å². The maximum atomic E-state index is 3.63. The van der Waals surface area contributed by atoms with Crippen LogP contribution in [0.3, 0.4) is 0 Å². The predicted molar refractivity (Wildman–Crippen MR) is 36.5 cm³/mol. The summed E-state index contributed by atoms with van der Waals surface area (Å²) >= 11 is 0. The van der Waals surface area contributed by atoms with Crippen LogP contribution in [0.4, 0.5) is 0 Å². The van der Waals surface area contributed by atoms with Crippen molar-refractivity contribution in [1.82, 2.24) is 0 Å². The third-order valence-corrected chi connectivity index (χ3v) is 1.04. The molecule has 1 radical (unpaired) electrons. The number of rotatable bonds is 1. The van der Waals surface area contributed by atoms with Crippen molar-refractivity contribution >= 4 is 6.08 Å². The van der Waals surface area contributed by atoms with Crippen LogP contribution in [0.15, 0.2) is 36.9 Å². The van der Waals surface area contributed by atoms with Gasteiger partial charge in [0.25, 0.3) is 0 Å². The molecule has 0 heterocycles. The summed E-state index contributed by atoms with van der Waals surface area (Å²) in [4.78, 5) is 0. The smallest absolute Gasteiger partial charge is 0 e. The van der Waals surface area contributed by atoms with E-state index < -0.39 is 0 Å². The predicted octanol–water partition coefficient (Wildman–Crippen LogP) is 2.33. The molecule has 0 atom stereocenters. The van der Waals surface area contributed by atoms with E-state index in [1.165, 1.54) is 5.56 Å². The van der Waals surface area contributed by atoms with Crippen molar-refractivity contribution in [3.05, 3.63) is 42.5 Å². The van der Waals surface area contributed by atoms with Crippen molar-refractivity contribution in [1.29, 1.82) is 0 Å². The van der Waals surface area contributed by atoms with E-state index in [0.717, 1.165) is 0 Å². The molecule has 1 heteroatoms. The van der Waals surface area contributed by atoms with Gasteiger partial charge in [0, 0.05) is 17.1 Å². The molecule has 1 aromatic rings. The van der Waals surface area contributed by atoms with Crippen molar-refractivity contribution in [2.45, 2.75) is 0 Å². The zero-order valence-corrected chi connectivity index (χ0v) is 6.23. The average molecular weight is 159 g/mol. The molecule has 0 saturated carbocycles. The average Bonchev–Trinajstić information content (AvgIpc) is 1.90. The van der Waals surface area contributed by atoms with Crippen LogP contribution in [0.5, 0.6) is 0 Å². The standard InChI is InChI=1S/C8H8.Mn/c1-2-8-6-4-3-5-7-8;/h2-7H,1H2;. The van der Waals surface area contributed by atoms with E-state index in [2.05, 4.69) is 6.58 Å². The molecule has 0 aliphatic carbocycles. The molecule has 0 bridgehead atoms. The number of benzene rings is 1. The molecule has 0 N–H and O–H groups in total. The minimum absolute atomic E-state index is 0. The Morgan fingerprint density at radius 1 is 1.11 bits per heavy atom. The Balaban J connectivity index is 0.000000640. The van der Waals surface area contributed by atoms with Crippen LogP contribution < -0.4 is 0 Å². The Morgan fingerprint density at radius 3 is 2.00 bits per heavy atom. The van der Waals surface area contributed by atoms with Crippen LogP contribution in [-0.2, 0) is 17.1 Å². The fourth-order valence-corrected chi connectivity index (χ4v) is 0.589. The van der Waals surface area contributed by atoms with E-state index in [0.29, 0.717) is 0 Å². The molecule has 0 aromatic heterocycles. The molecule has 9 heavy (non-hydrogen) atoms. The Morgan fingerprint density at radius 2 is 1.67 bits per heavy atom. The second-order valence-corrected chi connectivity index (χ2v) is 1.61. The van der Waals surface area contributed by atoms with Crippen molar-refractivity contribution in [3.8, 4) is 0 Å². The van der Waals surface area contributed by atoms with Gasteiger partial charge in [-0.3, -0.25) is 0 Å². The zero-order chi connectivity index (χ0) is 5.82. The van der Waals surface area contributed by atoms with E-state index in [4.69, 9.17) is 0 Å². The molecule has 0 amide bonds. The first-order chi connectivity index (χ1) is 3.93. The summed E-state index contributed by atoms with van der Waals surface area (Å²) in [6.45, 7) is 3.63. The van der Waals surface area contributed by atoms with E-state index in [1.54, 1.807) is 0 Å². The van der Waals surface area contributed by atoms with Gasteiger partial charge in [0.05, 0.1) is 0 Å². The van der Waals surface area contributed by atoms with E-state index in [9.17, 15) is 0 Å². The maximum absolute atomic E-state index is 3.63. The molecular formula is C8H8Mn. The largest absolute Gasteiger partial charge is 0.0985 e. The Labute approximate surface area is 66.1 Å². The third kappa shape index (κ3) is 2.50. The van der Waals surface area contributed by atoms with Gasteiger partial charge in [-0.2, -0.15) is 0 Å². The quantitative estimate of drug-likeness (QED) is 0.551. The molecule has 1 aromatic carbocycles. The number of hydrogen-bond acceptors (Lipinski definition) is 0. The van der Waals surface area contributed by atoms with Gasteiger partial charge < -0.3 is 0 Å². The molecular weight excluding hydrogens is 151 g/mol. The van der Waals surface area contributed by atoms with Crippen LogP contribution in [0.25, 0.3) is 6.08 Å². The van der Waals surface area contributed by atoms with Gasteiger partial charge in [-0.15, -0.1) is 0 Å². The normalized spacial score (nSPS) is 7.56. The second-order valence-electron chi connectivity index (χ2n) is 1.61. The van der Waals surface area contributed by atoms with Crippen molar-refractivity contribution < 1.29 is 17.1 Å². The topological polar surface area (TPSA) is 0 Å². The Kier molecular flexibility index (Phi) is 4.11. The van der Waals surface area contributed by atoms with Crippen molar-refractivity contribution in [3.63, 3.8) is 0 Å². The first kappa shape index (κ1) is 8.48. The van der Waals surface area contributed by atoms with Crippen LogP contribution >= 0.6 is 0 Å². The van der Waals surface area contributed by atoms with E-state index >= 15 is 0 Å². The van der Waals surface area contributed by atoms with Gasteiger partial charge in [-0.25, -0.2) is 0 Å². The summed E-state index contributed by atoms with van der Waals surface area (Å²) in [7, 11) is 0. The van der Waals surface area contributed by atoms with Crippen LogP contribution in [-0.4, -0.2) is 0 Å². The van der Waals surface area contributed by atoms with Crippen molar-refractivity contribution in [2.24, 2.45) is 0 Å². The second kappa shape index (κ2) is 4.37. The fourth-order valence-electron chi connectivity index (χ4n) is 0.589. The summed E-state index contributed by atoms with van der Waals surface area (Å²) < 4.78 is 0. The van der Waals surface area contributed by atoms with Gasteiger partial charge in [0.2, 0.25) is 0 Å². The van der Waals surface area contributed by atoms with E-state index in [-0.39, 0.29) is 17.1 Å². The minimum atomic E-state index is 0. The number of hydrogen-bond donors (Lipinski definition) is 0. The molecule has 0 unspecified atom stereocenters. The monoisotopic (exact) mass is 159 g/mol.